The Kier molecular flexibility index (Phi) is 8.91. The monoisotopic (exact) mass is 306 g/mol. The van der Waals surface area contributed by atoms with Crippen LogP contribution in [0.1, 0.15) is 51.9 Å². The molecular weight excluding hydrogens is 280 g/mol. The Balaban J connectivity index is 2.39. The summed E-state index contributed by atoms with van der Waals surface area (Å²) in [5, 5.41) is 8.40. The van der Waals surface area contributed by atoms with Gasteiger partial charge in [-0.05, 0) is 31.4 Å². The zero-order valence-corrected chi connectivity index (χ0v) is 13.3. The highest BCUT2D eigenvalue weighted by molar-refractivity contribution is 5.93. The normalized spacial score (nSPS) is 10.3. The van der Waals surface area contributed by atoms with Crippen LogP contribution < -0.4 is 10.4 Å². The minimum atomic E-state index is -0.343. The molecule has 0 atom stereocenters. The third-order valence-electron chi connectivity index (χ3n) is 3.49. The summed E-state index contributed by atoms with van der Waals surface area (Å²) in [4.78, 5) is 25.0. The second-order valence-corrected chi connectivity index (χ2v) is 5.33. The molecule has 0 heterocycles. The molecule has 0 fully saturated rings. The summed E-state index contributed by atoms with van der Waals surface area (Å²) in [5.74, 6) is -0.183. The lowest BCUT2D eigenvalue weighted by atomic mass is 10.1. The van der Waals surface area contributed by atoms with Gasteiger partial charge in [0.25, 0.3) is 0 Å². The first-order valence-corrected chi connectivity index (χ1v) is 7.97. The largest absolute Gasteiger partial charge is 0.312 e. The van der Waals surface area contributed by atoms with Crippen LogP contribution in [0.4, 0.5) is 5.69 Å². The van der Waals surface area contributed by atoms with Crippen LogP contribution in [0, 0.1) is 0 Å². The Morgan fingerprint density at radius 1 is 1.05 bits per heavy atom. The average Bonchev–Trinajstić information content (AvgIpc) is 2.54. The molecular formula is C17H26N2O3. The molecule has 1 aromatic carbocycles. The molecule has 0 aliphatic heterocycles. The van der Waals surface area contributed by atoms with Crippen molar-refractivity contribution in [1.82, 2.24) is 5.48 Å². The number of carbonyl (C=O) groups excluding carboxylic acids is 2. The molecule has 1 rings (SSSR count). The number of para-hydroxylation sites is 1. The van der Waals surface area contributed by atoms with Gasteiger partial charge in [-0.3, -0.25) is 14.8 Å². The van der Waals surface area contributed by atoms with Crippen LogP contribution in [0.5, 0.6) is 0 Å². The van der Waals surface area contributed by atoms with Crippen molar-refractivity contribution < 1.29 is 14.8 Å². The predicted octanol–water partition coefficient (Wildman–Crippen LogP) is 3.28. The highest BCUT2D eigenvalue weighted by atomic mass is 16.5. The van der Waals surface area contributed by atoms with Gasteiger partial charge in [-0.2, -0.15) is 0 Å². The van der Waals surface area contributed by atoms with E-state index >= 15 is 0 Å². The Morgan fingerprint density at radius 2 is 1.73 bits per heavy atom. The SMILES string of the molecule is CCCC(=O)N(CCCCCCC(=O)NO)c1ccccc1. The summed E-state index contributed by atoms with van der Waals surface area (Å²) in [6.07, 6.45) is 5.28. The Labute approximate surface area is 132 Å². The standard InChI is InChI=1S/C17H26N2O3/c1-2-10-17(21)19(15-11-6-5-7-12-15)14-9-4-3-8-13-16(20)18-22/h5-7,11-12,22H,2-4,8-10,13-14H2,1H3,(H,18,20). The fraction of sp³-hybridized carbons (Fsp3) is 0.529. The van der Waals surface area contributed by atoms with E-state index in [2.05, 4.69) is 0 Å². The van der Waals surface area contributed by atoms with Gasteiger partial charge >= 0.3 is 0 Å². The maximum absolute atomic E-state index is 12.2. The van der Waals surface area contributed by atoms with Crippen molar-refractivity contribution in [2.45, 2.75) is 51.9 Å². The number of unbranched alkanes of at least 4 members (excludes halogenated alkanes) is 3. The van der Waals surface area contributed by atoms with Crippen LogP contribution >= 0.6 is 0 Å². The van der Waals surface area contributed by atoms with Crippen LogP contribution in [0.25, 0.3) is 0 Å². The molecule has 122 valence electrons. The Bertz CT molecular complexity index is 448. The van der Waals surface area contributed by atoms with Crippen molar-refractivity contribution in [1.29, 1.82) is 0 Å². The molecule has 22 heavy (non-hydrogen) atoms. The van der Waals surface area contributed by atoms with E-state index < -0.39 is 0 Å². The molecule has 2 N–H and O–H groups in total. The number of nitrogens with one attached hydrogen (secondary N) is 1. The second-order valence-electron chi connectivity index (χ2n) is 5.33. The molecule has 1 aromatic rings. The van der Waals surface area contributed by atoms with Crippen molar-refractivity contribution in [2.24, 2.45) is 0 Å². The van der Waals surface area contributed by atoms with Gasteiger partial charge in [0.2, 0.25) is 11.8 Å². The fourth-order valence-corrected chi connectivity index (χ4v) is 2.32. The molecule has 2 amide bonds. The van der Waals surface area contributed by atoms with Crippen molar-refractivity contribution in [3.05, 3.63) is 30.3 Å². The third-order valence-corrected chi connectivity index (χ3v) is 3.49. The van der Waals surface area contributed by atoms with E-state index in [1.165, 1.54) is 0 Å². The van der Waals surface area contributed by atoms with Crippen LogP contribution in [0.2, 0.25) is 0 Å². The molecule has 0 radical (unpaired) electrons. The van der Waals surface area contributed by atoms with Gasteiger partial charge in [0.1, 0.15) is 0 Å². The summed E-state index contributed by atoms with van der Waals surface area (Å²) in [6, 6.07) is 9.74. The smallest absolute Gasteiger partial charge is 0.243 e. The highest BCUT2D eigenvalue weighted by Crippen LogP contribution is 2.16. The minimum Gasteiger partial charge on any atom is -0.312 e. The van der Waals surface area contributed by atoms with E-state index in [1.54, 1.807) is 5.48 Å². The van der Waals surface area contributed by atoms with Crippen LogP contribution in [0.15, 0.2) is 30.3 Å². The molecule has 0 aromatic heterocycles. The molecule has 0 saturated carbocycles. The second kappa shape index (κ2) is 10.8. The molecule has 0 aliphatic rings. The summed E-state index contributed by atoms with van der Waals surface area (Å²) in [6.45, 7) is 2.71. The summed E-state index contributed by atoms with van der Waals surface area (Å²) >= 11 is 0. The zero-order valence-electron chi connectivity index (χ0n) is 13.3. The number of hydroxylamine groups is 1. The predicted molar refractivity (Wildman–Crippen MR) is 86.7 cm³/mol. The topological polar surface area (TPSA) is 69.6 Å². The van der Waals surface area contributed by atoms with Crippen molar-refractivity contribution >= 4 is 17.5 Å². The number of hydrogen-bond acceptors (Lipinski definition) is 3. The first kappa shape index (κ1) is 18.2. The van der Waals surface area contributed by atoms with E-state index in [1.807, 2.05) is 42.2 Å². The van der Waals surface area contributed by atoms with Gasteiger partial charge < -0.3 is 4.90 Å². The van der Waals surface area contributed by atoms with Gasteiger partial charge in [-0.25, -0.2) is 5.48 Å². The molecule has 5 nitrogen and oxygen atoms in total. The minimum absolute atomic E-state index is 0.161. The van der Waals surface area contributed by atoms with Crippen LogP contribution in [0.3, 0.4) is 0 Å². The van der Waals surface area contributed by atoms with Crippen molar-refractivity contribution in [3.63, 3.8) is 0 Å². The maximum Gasteiger partial charge on any atom is 0.243 e. The fourth-order valence-electron chi connectivity index (χ4n) is 2.32. The van der Waals surface area contributed by atoms with Gasteiger partial charge in [0.15, 0.2) is 0 Å². The quantitative estimate of drug-likeness (QED) is 0.396. The number of amides is 2. The molecule has 0 bridgehead atoms. The molecule has 0 saturated heterocycles. The van der Waals surface area contributed by atoms with E-state index in [0.29, 0.717) is 19.4 Å². The third kappa shape index (κ3) is 6.72. The lowest BCUT2D eigenvalue weighted by Crippen LogP contribution is -2.31. The summed E-state index contributed by atoms with van der Waals surface area (Å²) < 4.78 is 0. The molecule has 5 heteroatoms. The number of carbonyl (C=O) groups is 2. The van der Waals surface area contributed by atoms with Gasteiger partial charge in [-0.1, -0.05) is 38.0 Å². The number of benzene rings is 1. The zero-order chi connectivity index (χ0) is 16.2. The maximum atomic E-state index is 12.2. The first-order chi connectivity index (χ1) is 10.7. The number of anilines is 1. The lowest BCUT2D eigenvalue weighted by molar-refractivity contribution is -0.129. The van der Waals surface area contributed by atoms with Gasteiger partial charge in [0, 0.05) is 25.1 Å². The highest BCUT2D eigenvalue weighted by Gasteiger charge is 2.13. The van der Waals surface area contributed by atoms with Crippen LogP contribution in [-0.2, 0) is 9.59 Å². The number of nitrogens with zero attached hydrogens (tertiary/aromatic N) is 1. The van der Waals surface area contributed by atoms with E-state index in [-0.39, 0.29) is 11.8 Å². The van der Waals surface area contributed by atoms with Crippen LogP contribution in [-0.4, -0.2) is 23.6 Å². The van der Waals surface area contributed by atoms with Crippen molar-refractivity contribution in [3.8, 4) is 0 Å². The Morgan fingerprint density at radius 3 is 2.36 bits per heavy atom. The molecule has 0 unspecified atom stereocenters. The molecule has 0 aliphatic carbocycles. The van der Waals surface area contributed by atoms with Gasteiger partial charge in [0.05, 0.1) is 0 Å². The van der Waals surface area contributed by atoms with E-state index in [0.717, 1.165) is 37.8 Å². The molecule has 0 spiro atoms. The summed E-state index contributed by atoms with van der Waals surface area (Å²) in [7, 11) is 0. The van der Waals surface area contributed by atoms with E-state index in [4.69, 9.17) is 5.21 Å². The van der Waals surface area contributed by atoms with Gasteiger partial charge in [-0.15, -0.1) is 0 Å². The Hall–Kier alpha value is -1.88. The lowest BCUT2D eigenvalue weighted by Gasteiger charge is -2.22. The average molecular weight is 306 g/mol. The number of hydrogen-bond donors (Lipinski definition) is 2. The first-order valence-electron chi connectivity index (χ1n) is 7.97. The summed E-state index contributed by atoms with van der Waals surface area (Å²) in [5.41, 5.74) is 2.58. The van der Waals surface area contributed by atoms with E-state index in [9.17, 15) is 9.59 Å². The number of rotatable bonds is 10. The van der Waals surface area contributed by atoms with Crippen molar-refractivity contribution in [2.75, 3.05) is 11.4 Å².